The van der Waals surface area contributed by atoms with E-state index in [0.29, 0.717) is 0 Å². The summed E-state index contributed by atoms with van der Waals surface area (Å²) in [5, 5.41) is 0. The fourth-order valence-corrected chi connectivity index (χ4v) is 3.30. The zero-order valence-corrected chi connectivity index (χ0v) is 20.1. The van der Waals surface area contributed by atoms with Crippen LogP contribution >= 0.6 is 8.58 Å². The molecule has 0 bridgehead atoms. The molecule has 0 aromatic heterocycles. The molecule has 31 heavy (non-hydrogen) atoms. The van der Waals surface area contributed by atoms with Gasteiger partial charge in [-0.3, -0.25) is 0 Å². The second-order valence-electron chi connectivity index (χ2n) is 5.50. The first kappa shape index (κ1) is 27.6. The lowest BCUT2D eigenvalue weighted by Gasteiger charge is -2.40. The minimum Gasteiger partial charge on any atom is -0.435 e. The van der Waals surface area contributed by atoms with Gasteiger partial charge in [-0.05, 0) is 13.8 Å². The standard InChI is InChI=1S/C24H27O6P/c1-9-15-25-21(7)23(27-17-11-3,28-18-12-4)31-24(29-19-13-5,30-20-14-6)22(8)26-16-10-2/h21-22,31H,1-8H3. The Morgan fingerprint density at radius 1 is 0.484 bits per heavy atom. The molecule has 0 saturated heterocycles. The van der Waals surface area contributed by atoms with Gasteiger partial charge < -0.3 is 28.4 Å². The van der Waals surface area contributed by atoms with Crippen LogP contribution in [0.1, 0.15) is 55.4 Å². The predicted octanol–water partition coefficient (Wildman–Crippen LogP) is 3.73. The third kappa shape index (κ3) is 8.86. The summed E-state index contributed by atoms with van der Waals surface area (Å²) in [5.74, 6) is 16.0. The second kappa shape index (κ2) is 15.4. The average Bonchev–Trinajstić information content (AvgIpc) is 2.79. The largest absolute Gasteiger partial charge is 0.435 e. The first-order chi connectivity index (χ1) is 14.9. The Kier molecular flexibility index (Phi) is 13.7. The van der Waals surface area contributed by atoms with Crippen LogP contribution in [-0.2, 0) is 28.4 Å². The van der Waals surface area contributed by atoms with Crippen LogP contribution in [-0.4, -0.2) is 23.3 Å². The van der Waals surface area contributed by atoms with Crippen molar-refractivity contribution in [2.45, 2.75) is 78.7 Å². The zero-order chi connectivity index (χ0) is 23.6. The maximum absolute atomic E-state index is 5.80. The van der Waals surface area contributed by atoms with Crippen molar-refractivity contribution in [2.24, 2.45) is 0 Å². The molecule has 2 unspecified atom stereocenters. The molecule has 0 radical (unpaired) electrons. The topological polar surface area (TPSA) is 55.4 Å². The smallest absolute Gasteiger partial charge is 0.329 e. The third-order valence-electron chi connectivity index (χ3n) is 3.31. The Hall–Kier alpha value is -3.41. The van der Waals surface area contributed by atoms with Gasteiger partial charge >= 0.3 is 11.1 Å². The van der Waals surface area contributed by atoms with Crippen molar-refractivity contribution in [1.82, 2.24) is 0 Å². The molecule has 164 valence electrons. The maximum atomic E-state index is 5.80. The summed E-state index contributed by atoms with van der Waals surface area (Å²) < 4.78 is 34.3. The van der Waals surface area contributed by atoms with Gasteiger partial charge in [0.25, 0.3) is 0 Å². The molecule has 0 amide bonds. The van der Waals surface area contributed by atoms with Gasteiger partial charge in [-0.1, -0.05) is 35.5 Å². The summed E-state index contributed by atoms with van der Waals surface area (Å²) in [4.78, 5) is 0. The summed E-state index contributed by atoms with van der Waals surface area (Å²) in [6.07, 6.45) is 13.8. The number of ether oxygens (including phenoxy) is 6. The van der Waals surface area contributed by atoms with E-state index in [2.05, 4.69) is 72.2 Å². The van der Waals surface area contributed by atoms with Gasteiger partial charge in [-0.25, -0.2) is 0 Å². The highest BCUT2D eigenvalue weighted by Gasteiger charge is 2.57. The van der Waals surface area contributed by atoms with Crippen molar-refractivity contribution in [3.63, 3.8) is 0 Å². The SMILES string of the molecule is CC#COC(C)C(OC#CC)(OC#CC)PC(OC#CC)(OC#CC)C(C)OC#CC. The highest BCUT2D eigenvalue weighted by molar-refractivity contribution is 7.41. The van der Waals surface area contributed by atoms with Crippen LogP contribution in [0.3, 0.4) is 0 Å². The van der Waals surface area contributed by atoms with Gasteiger partial charge in [0.1, 0.15) is 36.6 Å². The molecule has 0 spiro atoms. The van der Waals surface area contributed by atoms with Crippen molar-refractivity contribution in [3.05, 3.63) is 0 Å². The highest BCUT2D eigenvalue weighted by Crippen LogP contribution is 2.51. The van der Waals surface area contributed by atoms with Gasteiger partial charge in [0.05, 0.1) is 8.58 Å². The molecule has 0 fully saturated rings. The van der Waals surface area contributed by atoms with Crippen molar-refractivity contribution in [3.8, 4) is 72.2 Å². The van der Waals surface area contributed by atoms with Gasteiger partial charge in [0.2, 0.25) is 0 Å². The summed E-state index contributed by atoms with van der Waals surface area (Å²) in [7, 11) is -0.507. The van der Waals surface area contributed by atoms with E-state index in [1.807, 2.05) is 0 Å². The van der Waals surface area contributed by atoms with Crippen LogP contribution < -0.4 is 0 Å². The van der Waals surface area contributed by atoms with Crippen molar-refractivity contribution in [2.75, 3.05) is 0 Å². The van der Waals surface area contributed by atoms with Crippen LogP contribution in [0, 0.1) is 72.2 Å². The first-order valence-electron chi connectivity index (χ1n) is 9.24. The quantitative estimate of drug-likeness (QED) is 0.292. The molecule has 0 aliphatic heterocycles. The van der Waals surface area contributed by atoms with Crippen molar-refractivity contribution >= 4 is 8.58 Å². The minimum absolute atomic E-state index is 0.507. The van der Waals surface area contributed by atoms with Gasteiger partial charge in [0.15, 0.2) is 12.2 Å². The number of hydrogen-bond donors (Lipinski definition) is 0. The molecular weight excluding hydrogens is 415 g/mol. The maximum Gasteiger partial charge on any atom is 0.329 e. The molecule has 0 aromatic rings. The van der Waals surface area contributed by atoms with Crippen molar-refractivity contribution < 1.29 is 28.4 Å². The Bertz CT molecular complexity index is 812. The summed E-state index contributed by atoms with van der Waals surface area (Å²) >= 11 is 0. The van der Waals surface area contributed by atoms with Crippen LogP contribution in [0.15, 0.2) is 0 Å². The molecule has 0 saturated carbocycles. The molecule has 0 heterocycles. The normalized spacial score (nSPS) is 11.2. The van der Waals surface area contributed by atoms with E-state index in [-0.39, 0.29) is 0 Å². The number of hydrogen-bond acceptors (Lipinski definition) is 6. The van der Waals surface area contributed by atoms with Crippen LogP contribution in [0.2, 0.25) is 0 Å². The van der Waals surface area contributed by atoms with Gasteiger partial charge in [-0.15, -0.1) is 0 Å². The predicted molar refractivity (Wildman–Crippen MR) is 120 cm³/mol. The lowest BCUT2D eigenvalue weighted by Crippen LogP contribution is -2.50. The zero-order valence-electron chi connectivity index (χ0n) is 19.1. The molecule has 0 rings (SSSR count). The van der Waals surface area contributed by atoms with E-state index < -0.39 is 31.8 Å². The molecule has 7 heteroatoms. The first-order valence-corrected chi connectivity index (χ1v) is 10.2. The van der Waals surface area contributed by atoms with E-state index in [0.717, 1.165) is 0 Å². The molecule has 0 aromatic carbocycles. The second-order valence-corrected chi connectivity index (χ2v) is 7.14. The Balaban J connectivity index is 6.74. The van der Waals surface area contributed by atoms with E-state index in [9.17, 15) is 0 Å². The molecule has 0 aliphatic carbocycles. The highest BCUT2D eigenvalue weighted by atomic mass is 31.1. The average molecular weight is 442 g/mol. The summed E-state index contributed by atoms with van der Waals surface area (Å²) in [6, 6.07) is 0. The van der Waals surface area contributed by atoms with Crippen LogP contribution in [0.5, 0.6) is 0 Å². The van der Waals surface area contributed by atoms with E-state index in [1.165, 1.54) is 0 Å². The van der Waals surface area contributed by atoms with E-state index >= 15 is 0 Å². The Morgan fingerprint density at radius 3 is 0.968 bits per heavy atom. The van der Waals surface area contributed by atoms with E-state index in [4.69, 9.17) is 28.4 Å². The fourth-order valence-electron chi connectivity index (χ4n) is 1.88. The third-order valence-corrected chi connectivity index (χ3v) is 5.23. The van der Waals surface area contributed by atoms with Crippen molar-refractivity contribution in [1.29, 1.82) is 0 Å². The van der Waals surface area contributed by atoms with Gasteiger partial charge in [-0.2, -0.15) is 0 Å². The minimum atomic E-state index is -1.59. The summed E-state index contributed by atoms with van der Waals surface area (Å²) in [5.41, 5.74) is -3.17. The molecule has 6 nitrogen and oxygen atoms in total. The van der Waals surface area contributed by atoms with Crippen LogP contribution in [0.25, 0.3) is 0 Å². The number of rotatable bonds is 10. The molecule has 0 N–H and O–H groups in total. The lowest BCUT2D eigenvalue weighted by atomic mass is 10.3. The molecule has 0 aliphatic rings. The van der Waals surface area contributed by atoms with Crippen LogP contribution in [0.4, 0.5) is 0 Å². The lowest BCUT2D eigenvalue weighted by molar-refractivity contribution is -0.176. The Labute approximate surface area is 188 Å². The molecular formula is C24H27O6P. The molecule has 2 atom stereocenters. The van der Waals surface area contributed by atoms with Gasteiger partial charge in [0, 0.05) is 41.5 Å². The van der Waals surface area contributed by atoms with E-state index in [1.54, 1.807) is 55.4 Å². The monoisotopic (exact) mass is 442 g/mol. The Morgan fingerprint density at radius 2 is 0.742 bits per heavy atom. The fraction of sp³-hybridized carbons (Fsp3) is 0.500. The summed E-state index contributed by atoms with van der Waals surface area (Å²) in [6.45, 7) is 13.1.